The van der Waals surface area contributed by atoms with Crippen LogP contribution in [0.3, 0.4) is 0 Å². The number of hydrogen-bond donors (Lipinski definition) is 2. The van der Waals surface area contributed by atoms with E-state index in [4.69, 9.17) is 4.74 Å². The van der Waals surface area contributed by atoms with E-state index in [9.17, 15) is 14.4 Å². The molecule has 0 fully saturated rings. The highest BCUT2D eigenvalue weighted by atomic mass is 32.1. The number of thiophene rings is 1. The van der Waals surface area contributed by atoms with Crippen LogP contribution in [-0.4, -0.2) is 42.9 Å². The summed E-state index contributed by atoms with van der Waals surface area (Å²) >= 11 is 1.40. The SMILES string of the molecule is CC(C)C[C@H](NC(=O)c1cc2ccccc2s1)C(=O)N[C@H]1C/C=C\COCC1=O. The molecule has 1 aromatic heterocycles. The van der Waals surface area contributed by atoms with Crippen LogP contribution in [-0.2, 0) is 14.3 Å². The van der Waals surface area contributed by atoms with E-state index in [1.54, 1.807) is 0 Å². The lowest BCUT2D eigenvalue weighted by Gasteiger charge is -2.24. The number of hydrogen-bond acceptors (Lipinski definition) is 5. The Morgan fingerprint density at radius 1 is 1.24 bits per heavy atom. The van der Waals surface area contributed by atoms with Crippen molar-refractivity contribution in [2.45, 2.75) is 38.8 Å². The van der Waals surface area contributed by atoms with Crippen LogP contribution < -0.4 is 10.6 Å². The van der Waals surface area contributed by atoms with Gasteiger partial charge in [-0.3, -0.25) is 14.4 Å². The van der Waals surface area contributed by atoms with E-state index < -0.39 is 12.1 Å². The maximum Gasteiger partial charge on any atom is 0.262 e. The molecule has 7 heteroatoms. The number of nitrogens with one attached hydrogen (secondary N) is 2. The average Bonchev–Trinajstić information content (AvgIpc) is 3.11. The summed E-state index contributed by atoms with van der Waals surface area (Å²) in [7, 11) is 0. The smallest absolute Gasteiger partial charge is 0.262 e. The predicted octanol–water partition coefficient (Wildman–Crippen LogP) is 3.08. The summed E-state index contributed by atoms with van der Waals surface area (Å²) in [5.74, 6) is -0.591. The third-order valence-electron chi connectivity index (χ3n) is 4.68. The van der Waals surface area contributed by atoms with Crippen molar-refractivity contribution in [3.05, 3.63) is 47.4 Å². The quantitative estimate of drug-likeness (QED) is 0.712. The molecule has 0 saturated carbocycles. The first-order valence-electron chi connectivity index (χ1n) is 9.79. The summed E-state index contributed by atoms with van der Waals surface area (Å²) in [5, 5.41) is 6.65. The number of ether oxygens (including phenoxy) is 1. The summed E-state index contributed by atoms with van der Waals surface area (Å²) in [4.78, 5) is 38.5. The maximum atomic E-state index is 12.9. The van der Waals surface area contributed by atoms with Crippen molar-refractivity contribution in [3.8, 4) is 0 Å². The van der Waals surface area contributed by atoms with Crippen LogP contribution in [0.2, 0.25) is 0 Å². The van der Waals surface area contributed by atoms with Gasteiger partial charge in [0.25, 0.3) is 5.91 Å². The molecule has 0 unspecified atom stereocenters. The summed E-state index contributed by atoms with van der Waals surface area (Å²) in [5.41, 5.74) is 0. The van der Waals surface area contributed by atoms with Gasteiger partial charge in [-0.1, -0.05) is 44.2 Å². The van der Waals surface area contributed by atoms with Crippen molar-refractivity contribution in [1.29, 1.82) is 0 Å². The van der Waals surface area contributed by atoms with Crippen LogP contribution in [0.25, 0.3) is 10.1 Å². The highest BCUT2D eigenvalue weighted by Crippen LogP contribution is 2.25. The molecule has 3 rings (SSSR count). The van der Waals surface area contributed by atoms with E-state index in [1.807, 2.05) is 56.3 Å². The van der Waals surface area contributed by atoms with Gasteiger partial charge in [0.2, 0.25) is 5.91 Å². The fourth-order valence-electron chi connectivity index (χ4n) is 3.20. The van der Waals surface area contributed by atoms with Crippen LogP contribution >= 0.6 is 11.3 Å². The van der Waals surface area contributed by atoms with E-state index in [0.717, 1.165) is 10.1 Å². The predicted molar refractivity (Wildman–Crippen MR) is 114 cm³/mol. The number of Topliss-reactive ketones (excluding diaryl/α,β-unsaturated/α-hetero) is 1. The number of carbonyl (C=O) groups is 3. The molecule has 2 amide bonds. The van der Waals surface area contributed by atoms with Gasteiger partial charge in [0, 0.05) is 4.70 Å². The molecule has 2 aromatic rings. The van der Waals surface area contributed by atoms with Crippen LogP contribution in [0, 0.1) is 5.92 Å². The van der Waals surface area contributed by atoms with Crippen molar-refractivity contribution in [3.63, 3.8) is 0 Å². The Morgan fingerprint density at radius 3 is 2.79 bits per heavy atom. The largest absolute Gasteiger partial charge is 0.370 e. The highest BCUT2D eigenvalue weighted by Gasteiger charge is 2.27. The maximum absolute atomic E-state index is 12.9. The van der Waals surface area contributed by atoms with Crippen molar-refractivity contribution >= 4 is 39.0 Å². The van der Waals surface area contributed by atoms with Crippen molar-refractivity contribution in [1.82, 2.24) is 10.6 Å². The monoisotopic (exact) mass is 414 g/mol. The van der Waals surface area contributed by atoms with Gasteiger partial charge in [-0.2, -0.15) is 0 Å². The van der Waals surface area contributed by atoms with Gasteiger partial charge < -0.3 is 15.4 Å². The fourth-order valence-corrected chi connectivity index (χ4v) is 4.16. The number of ketones is 1. The van der Waals surface area contributed by atoms with Crippen LogP contribution in [0.15, 0.2) is 42.5 Å². The molecular formula is C22H26N2O4S. The van der Waals surface area contributed by atoms with Gasteiger partial charge >= 0.3 is 0 Å². The molecule has 29 heavy (non-hydrogen) atoms. The normalized spacial score (nSPS) is 19.4. The topological polar surface area (TPSA) is 84.5 Å². The zero-order valence-corrected chi connectivity index (χ0v) is 17.5. The summed E-state index contributed by atoms with van der Waals surface area (Å²) < 4.78 is 6.24. The fraction of sp³-hybridized carbons (Fsp3) is 0.409. The number of benzene rings is 1. The first-order valence-corrected chi connectivity index (χ1v) is 10.6. The molecule has 2 heterocycles. The zero-order valence-electron chi connectivity index (χ0n) is 16.6. The Hall–Kier alpha value is -2.51. The van der Waals surface area contributed by atoms with Crippen LogP contribution in [0.4, 0.5) is 0 Å². The molecule has 1 aliphatic rings. The van der Waals surface area contributed by atoms with Crippen molar-refractivity contribution < 1.29 is 19.1 Å². The first kappa shape index (κ1) is 21.2. The van der Waals surface area contributed by atoms with Crippen molar-refractivity contribution in [2.24, 2.45) is 5.92 Å². The lowest BCUT2D eigenvalue weighted by atomic mass is 10.0. The standard InChI is InChI=1S/C22H26N2O4S/c1-14(2)11-17(21(26)23-16-8-5-6-10-28-13-18(16)25)24-22(27)20-12-15-7-3-4-9-19(15)29-20/h3-7,9,12,14,16-17H,8,10-11,13H2,1-2H3,(H,23,26)(H,24,27)/b6-5-/t16-,17-/m0/s1. The van der Waals surface area contributed by atoms with E-state index in [1.165, 1.54) is 11.3 Å². The van der Waals surface area contributed by atoms with Gasteiger partial charge in [0.15, 0.2) is 5.78 Å². The Morgan fingerprint density at radius 2 is 2.03 bits per heavy atom. The Bertz CT molecular complexity index is 885. The number of rotatable bonds is 6. The molecular weight excluding hydrogens is 388 g/mol. The molecule has 0 aliphatic carbocycles. The minimum atomic E-state index is -0.712. The van der Waals surface area contributed by atoms with Gasteiger partial charge in [0.05, 0.1) is 17.5 Å². The number of fused-ring (bicyclic) bond motifs is 1. The molecule has 6 nitrogen and oxygen atoms in total. The van der Waals surface area contributed by atoms with Gasteiger partial charge in [-0.25, -0.2) is 0 Å². The molecule has 1 aromatic carbocycles. The van der Waals surface area contributed by atoms with E-state index in [-0.39, 0.29) is 30.1 Å². The van der Waals surface area contributed by atoms with Crippen LogP contribution in [0.1, 0.15) is 36.4 Å². The highest BCUT2D eigenvalue weighted by molar-refractivity contribution is 7.20. The average molecular weight is 415 g/mol. The molecule has 2 atom stereocenters. The zero-order chi connectivity index (χ0) is 20.8. The lowest BCUT2D eigenvalue weighted by Crippen LogP contribution is -2.52. The molecule has 0 saturated heterocycles. The van der Waals surface area contributed by atoms with E-state index >= 15 is 0 Å². The molecule has 2 N–H and O–H groups in total. The molecule has 0 radical (unpaired) electrons. The van der Waals surface area contributed by atoms with E-state index in [0.29, 0.717) is 24.3 Å². The Kier molecular flexibility index (Phi) is 7.17. The Labute approximate surface area is 174 Å². The van der Waals surface area contributed by atoms with Crippen molar-refractivity contribution in [2.75, 3.05) is 13.2 Å². The van der Waals surface area contributed by atoms with Gasteiger partial charge in [0.1, 0.15) is 12.6 Å². The summed E-state index contributed by atoms with van der Waals surface area (Å²) in [6.45, 7) is 4.35. The lowest BCUT2D eigenvalue weighted by molar-refractivity contribution is -0.131. The number of carbonyl (C=O) groups excluding carboxylic acids is 3. The summed E-state index contributed by atoms with van der Waals surface area (Å²) in [6, 6.07) is 8.25. The first-order chi connectivity index (χ1) is 13.9. The number of amides is 2. The Balaban J connectivity index is 1.71. The molecule has 154 valence electrons. The second-order valence-electron chi connectivity index (χ2n) is 7.55. The van der Waals surface area contributed by atoms with Crippen LogP contribution in [0.5, 0.6) is 0 Å². The summed E-state index contributed by atoms with van der Waals surface area (Å²) in [6.07, 6.45) is 4.57. The molecule has 0 bridgehead atoms. The van der Waals surface area contributed by atoms with E-state index in [2.05, 4.69) is 10.6 Å². The third kappa shape index (κ3) is 5.74. The minimum absolute atomic E-state index is 0.0295. The molecule has 0 spiro atoms. The minimum Gasteiger partial charge on any atom is -0.370 e. The second-order valence-corrected chi connectivity index (χ2v) is 8.64. The second kappa shape index (κ2) is 9.80. The van der Waals surface area contributed by atoms with Gasteiger partial charge in [-0.05, 0) is 36.3 Å². The molecule has 1 aliphatic heterocycles. The third-order valence-corrected chi connectivity index (χ3v) is 5.80. The van der Waals surface area contributed by atoms with Gasteiger partial charge in [-0.15, -0.1) is 11.3 Å².